The van der Waals surface area contributed by atoms with Crippen molar-refractivity contribution in [3.63, 3.8) is 0 Å². The monoisotopic (exact) mass is 743 g/mol. The van der Waals surface area contributed by atoms with Crippen molar-refractivity contribution >= 4 is 84.5 Å². The van der Waals surface area contributed by atoms with E-state index in [0.29, 0.717) is 22.3 Å². The highest BCUT2D eigenvalue weighted by molar-refractivity contribution is 14.1. The quantitative estimate of drug-likeness (QED) is 0.0923. The molecule has 0 atom stereocenters. The summed E-state index contributed by atoms with van der Waals surface area (Å²) in [6.07, 6.45) is 1.49. The fourth-order valence-electron chi connectivity index (χ4n) is 2.86. The van der Waals surface area contributed by atoms with E-state index >= 15 is 0 Å². The Kier molecular flexibility index (Phi) is 9.03. The van der Waals surface area contributed by atoms with E-state index in [1.165, 1.54) is 29.8 Å². The summed E-state index contributed by atoms with van der Waals surface area (Å²) in [6, 6.07) is 17.7. The van der Waals surface area contributed by atoms with Crippen molar-refractivity contribution in [3.05, 3.63) is 98.6 Å². The zero-order valence-corrected chi connectivity index (χ0v) is 23.5. The van der Waals surface area contributed by atoms with Gasteiger partial charge < -0.3 is 10.1 Å². The van der Waals surface area contributed by atoms with Gasteiger partial charge in [-0.1, -0.05) is 29.8 Å². The van der Waals surface area contributed by atoms with Crippen molar-refractivity contribution in [1.82, 2.24) is 0 Å². The van der Waals surface area contributed by atoms with Gasteiger partial charge in [-0.05, 0) is 103 Å². The molecule has 0 aliphatic rings. The summed E-state index contributed by atoms with van der Waals surface area (Å²) in [7, 11) is 0. The van der Waals surface area contributed by atoms with Crippen LogP contribution in [0.15, 0.2) is 64.6 Å². The Morgan fingerprint density at radius 2 is 1.82 bits per heavy atom. The Morgan fingerprint density at radius 3 is 2.38 bits per heavy atom. The molecule has 172 valence electrons. The molecule has 1 amide bonds. The molecule has 0 heterocycles. The largest absolute Gasteiger partial charge is 0.487 e. The number of nitro benzene ring substituents is 1. The third-order valence-corrected chi connectivity index (χ3v) is 6.87. The number of anilines is 1. The van der Waals surface area contributed by atoms with Gasteiger partial charge in [0, 0.05) is 16.6 Å². The van der Waals surface area contributed by atoms with Crippen LogP contribution in [0.25, 0.3) is 6.08 Å². The van der Waals surface area contributed by atoms with Crippen LogP contribution in [0.5, 0.6) is 5.75 Å². The number of aryl methyl sites for hydroxylation is 1. The first-order valence-corrected chi connectivity index (χ1v) is 12.7. The molecule has 10 heteroatoms. The van der Waals surface area contributed by atoms with Crippen molar-refractivity contribution in [2.75, 3.05) is 5.32 Å². The number of rotatable bonds is 7. The highest BCUT2D eigenvalue weighted by atomic mass is 127. The summed E-state index contributed by atoms with van der Waals surface area (Å²) in [4.78, 5) is 23.0. The van der Waals surface area contributed by atoms with E-state index in [1.807, 2.05) is 49.4 Å². The van der Waals surface area contributed by atoms with Crippen molar-refractivity contribution in [2.45, 2.75) is 13.5 Å². The molecule has 0 spiro atoms. The SMILES string of the molecule is Cc1ccc(COc2c(I)cc(/C=C(/C#N)C(=O)Nc3ccc([N+](=O)[O-])cc3Br)cc2I)cc1. The average molecular weight is 744 g/mol. The molecule has 0 radical (unpaired) electrons. The molecule has 0 aliphatic heterocycles. The first kappa shape index (κ1) is 26.1. The van der Waals surface area contributed by atoms with E-state index in [2.05, 4.69) is 66.4 Å². The minimum Gasteiger partial charge on any atom is -0.487 e. The predicted molar refractivity (Wildman–Crippen MR) is 150 cm³/mol. The average Bonchev–Trinajstić information content (AvgIpc) is 2.79. The zero-order valence-electron chi connectivity index (χ0n) is 17.6. The lowest BCUT2D eigenvalue weighted by molar-refractivity contribution is -0.384. The van der Waals surface area contributed by atoms with Gasteiger partial charge in [0.2, 0.25) is 0 Å². The number of non-ortho nitro benzene ring substituents is 1. The second-order valence-electron chi connectivity index (χ2n) is 7.13. The summed E-state index contributed by atoms with van der Waals surface area (Å²) in [5, 5.41) is 23.0. The lowest BCUT2D eigenvalue weighted by Crippen LogP contribution is -2.14. The van der Waals surface area contributed by atoms with Crippen LogP contribution in [0.4, 0.5) is 11.4 Å². The predicted octanol–water partition coefficient (Wildman–Crippen LogP) is 7.00. The lowest BCUT2D eigenvalue weighted by Gasteiger charge is -2.12. The van der Waals surface area contributed by atoms with Gasteiger partial charge in [0.15, 0.2) is 0 Å². The van der Waals surface area contributed by atoms with Crippen molar-refractivity contribution in [3.8, 4) is 11.8 Å². The normalized spacial score (nSPS) is 11.0. The highest BCUT2D eigenvalue weighted by Gasteiger charge is 2.15. The third kappa shape index (κ3) is 6.77. The van der Waals surface area contributed by atoms with Gasteiger partial charge in [-0.3, -0.25) is 14.9 Å². The van der Waals surface area contributed by atoms with E-state index in [9.17, 15) is 20.2 Å². The maximum absolute atomic E-state index is 12.7. The smallest absolute Gasteiger partial charge is 0.270 e. The first-order valence-electron chi connectivity index (χ1n) is 9.72. The second kappa shape index (κ2) is 11.8. The van der Waals surface area contributed by atoms with Gasteiger partial charge in [-0.15, -0.1) is 0 Å². The van der Waals surface area contributed by atoms with Crippen LogP contribution in [0.1, 0.15) is 16.7 Å². The Hall–Kier alpha value is -2.50. The number of hydrogen-bond acceptors (Lipinski definition) is 5. The number of carbonyl (C=O) groups excluding carboxylic acids is 1. The molecule has 0 aliphatic carbocycles. The van der Waals surface area contributed by atoms with Gasteiger partial charge in [-0.2, -0.15) is 5.26 Å². The van der Waals surface area contributed by atoms with Gasteiger partial charge in [0.1, 0.15) is 24.0 Å². The second-order valence-corrected chi connectivity index (χ2v) is 10.3. The first-order chi connectivity index (χ1) is 16.2. The topological polar surface area (TPSA) is 105 Å². The molecule has 7 nitrogen and oxygen atoms in total. The lowest BCUT2D eigenvalue weighted by atomic mass is 10.1. The number of amides is 1. The molecular weight excluding hydrogens is 728 g/mol. The number of carbonyl (C=O) groups is 1. The summed E-state index contributed by atoms with van der Waals surface area (Å²) in [5.41, 5.74) is 3.01. The van der Waals surface area contributed by atoms with E-state index in [-0.39, 0.29) is 11.3 Å². The number of nitriles is 1. The van der Waals surface area contributed by atoms with Crippen LogP contribution in [-0.2, 0) is 11.4 Å². The van der Waals surface area contributed by atoms with Gasteiger partial charge in [-0.25, -0.2) is 0 Å². The van der Waals surface area contributed by atoms with Crippen molar-refractivity contribution < 1.29 is 14.5 Å². The Bertz CT molecular complexity index is 1310. The summed E-state index contributed by atoms with van der Waals surface area (Å²) in [6.45, 7) is 2.46. The van der Waals surface area contributed by atoms with Crippen molar-refractivity contribution in [2.24, 2.45) is 0 Å². The Balaban J connectivity index is 1.77. The fourth-order valence-corrected chi connectivity index (χ4v) is 5.46. The maximum atomic E-state index is 12.7. The molecule has 0 aromatic heterocycles. The van der Waals surface area contributed by atoms with E-state index in [4.69, 9.17) is 4.74 Å². The molecule has 0 bridgehead atoms. The van der Waals surface area contributed by atoms with E-state index in [0.717, 1.165) is 18.5 Å². The molecule has 0 unspecified atom stereocenters. The Morgan fingerprint density at radius 1 is 1.18 bits per heavy atom. The van der Waals surface area contributed by atoms with Crippen LogP contribution in [-0.4, -0.2) is 10.8 Å². The minimum absolute atomic E-state index is 0.106. The fraction of sp³-hybridized carbons (Fsp3) is 0.0833. The molecule has 3 rings (SSSR count). The van der Waals surface area contributed by atoms with E-state index in [1.54, 1.807) is 0 Å². The number of halogens is 3. The molecule has 1 N–H and O–H groups in total. The van der Waals surface area contributed by atoms with Crippen LogP contribution in [0.3, 0.4) is 0 Å². The van der Waals surface area contributed by atoms with Crippen molar-refractivity contribution in [1.29, 1.82) is 5.26 Å². The molecule has 34 heavy (non-hydrogen) atoms. The molecule has 3 aromatic rings. The highest BCUT2D eigenvalue weighted by Crippen LogP contribution is 2.31. The summed E-state index contributed by atoms with van der Waals surface area (Å²) < 4.78 is 8.04. The number of benzene rings is 3. The molecule has 3 aromatic carbocycles. The van der Waals surface area contributed by atoms with Crippen LogP contribution < -0.4 is 10.1 Å². The molecule has 0 fully saturated rings. The van der Waals surface area contributed by atoms with Crippen LogP contribution in [0, 0.1) is 35.5 Å². The van der Waals surface area contributed by atoms with Gasteiger partial charge >= 0.3 is 0 Å². The summed E-state index contributed by atoms with van der Waals surface area (Å²) in [5.74, 6) is 0.110. The summed E-state index contributed by atoms with van der Waals surface area (Å²) >= 11 is 7.53. The maximum Gasteiger partial charge on any atom is 0.270 e. The van der Waals surface area contributed by atoms with Crippen LogP contribution >= 0.6 is 61.1 Å². The van der Waals surface area contributed by atoms with Gasteiger partial charge in [0.25, 0.3) is 11.6 Å². The number of nitrogens with zero attached hydrogens (tertiary/aromatic N) is 2. The third-order valence-electron chi connectivity index (χ3n) is 4.61. The molecule has 0 saturated carbocycles. The molecular formula is C24H16BrI2N3O4. The van der Waals surface area contributed by atoms with E-state index < -0.39 is 10.8 Å². The van der Waals surface area contributed by atoms with Crippen LogP contribution in [0.2, 0.25) is 0 Å². The molecule has 0 saturated heterocycles. The number of ether oxygens (including phenoxy) is 1. The zero-order chi connectivity index (χ0) is 24.8. The standard InChI is InChI=1S/C24H16BrI2N3O4/c1-14-2-4-15(5-3-14)13-34-23-20(26)9-16(10-21(23)27)8-17(12-28)24(31)29-22-7-6-18(30(32)33)11-19(22)25/h2-11H,13H2,1H3,(H,29,31)/b17-8-. The number of nitrogens with one attached hydrogen (secondary N) is 1. The Labute approximate surface area is 231 Å². The minimum atomic E-state index is -0.623. The van der Waals surface area contributed by atoms with Gasteiger partial charge in [0.05, 0.1) is 17.8 Å². The number of hydrogen-bond donors (Lipinski definition) is 1. The number of nitro groups is 1.